The maximum Gasteiger partial charge on any atom is 0.353 e. The van der Waals surface area contributed by atoms with Crippen LogP contribution in [0.25, 0.3) is 32.8 Å². The monoisotopic (exact) mass is 449 g/mol. The van der Waals surface area contributed by atoms with Gasteiger partial charge < -0.3 is 14.4 Å². The fraction of sp³-hybridized carbons (Fsp3) is 0.167. The molecule has 0 saturated carbocycles. The topological polar surface area (TPSA) is 51.5 Å². The van der Waals surface area contributed by atoms with Gasteiger partial charge in [-0.2, -0.15) is 0 Å². The first-order valence-corrected chi connectivity index (χ1v) is 11.7. The SMILES string of the molecule is Cc1ccccc1-c1c(C(=O)O)n(CCCCOc2cccc3ccccc23)c2ccccc12. The van der Waals surface area contributed by atoms with Crippen molar-refractivity contribution in [3.63, 3.8) is 0 Å². The molecular weight excluding hydrogens is 422 g/mol. The van der Waals surface area contributed by atoms with Gasteiger partial charge in [0.15, 0.2) is 0 Å². The van der Waals surface area contributed by atoms with Crippen molar-refractivity contribution in [3.05, 3.63) is 102 Å². The van der Waals surface area contributed by atoms with Crippen LogP contribution in [0.1, 0.15) is 28.9 Å². The van der Waals surface area contributed by atoms with E-state index < -0.39 is 5.97 Å². The van der Waals surface area contributed by atoms with E-state index in [-0.39, 0.29) is 0 Å². The van der Waals surface area contributed by atoms with Gasteiger partial charge in [-0.15, -0.1) is 0 Å². The second-order valence-corrected chi connectivity index (χ2v) is 8.55. The predicted octanol–water partition coefficient (Wildman–Crippen LogP) is 7.33. The Morgan fingerprint density at radius 3 is 2.35 bits per heavy atom. The second-order valence-electron chi connectivity index (χ2n) is 8.55. The maximum absolute atomic E-state index is 12.4. The lowest BCUT2D eigenvalue weighted by Gasteiger charge is -2.12. The predicted molar refractivity (Wildman–Crippen MR) is 138 cm³/mol. The number of fused-ring (bicyclic) bond motifs is 2. The number of hydrogen-bond donors (Lipinski definition) is 1. The highest BCUT2D eigenvalue weighted by atomic mass is 16.5. The number of aromatic carboxylic acids is 1. The second kappa shape index (κ2) is 9.44. The number of para-hydroxylation sites is 1. The van der Waals surface area contributed by atoms with Crippen molar-refractivity contribution in [1.82, 2.24) is 4.57 Å². The number of nitrogens with zero attached hydrogens (tertiary/aromatic N) is 1. The van der Waals surface area contributed by atoms with E-state index in [9.17, 15) is 9.90 Å². The summed E-state index contributed by atoms with van der Waals surface area (Å²) in [6.45, 7) is 3.23. The van der Waals surface area contributed by atoms with Gasteiger partial charge in [-0.25, -0.2) is 4.79 Å². The molecule has 5 aromatic rings. The molecule has 0 spiro atoms. The molecule has 1 N–H and O–H groups in total. The van der Waals surface area contributed by atoms with Crippen molar-refractivity contribution in [2.75, 3.05) is 6.61 Å². The zero-order valence-corrected chi connectivity index (χ0v) is 19.2. The Morgan fingerprint density at radius 2 is 1.53 bits per heavy atom. The van der Waals surface area contributed by atoms with E-state index in [0.717, 1.165) is 57.0 Å². The van der Waals surface area contributed by atoms with Crippen molar-refractivity contribution in [2.45, 2.75) is 26.3 Å². The van der Waals surface area contributed by atoms with Gasteiger partial charge in [0.1, 0.15) is 11.4 Å². The molecule has 0 amide bonds. The van der Waals surface area contributed by atoms with Crippen LogP contribution in [0.2, 0.25) is 0 Å². The summed E-state index contributed by atoms with van der Waals surface area (Å²) >= 11 is 0. The molecular formula is C30H27NO3. The number of carboxylic acid groups (broad SMARTS) is 1. The van der Waals surface area contributed by atoms with Crippen LogP contribution < -0.4 is 4.74 Å². The largest absolute Gasteiger partial charge is 0.493 e. The summed E-state index contributed by atoms with van der Waals surface area (Å²) in [6, 6.07) is 30.2. The molecule has 0 aliphatic carbocycles. The van der Waals surface area contributed by atoms with Gasteiger partial charge in [-0.1, -0.05) is 78.9 Å². The van der Waals surface area contributed by atoms with E-state index >= 15 is 0 Å². The first kappa shape index (κ1) is 21.8. The van der Waals surface area contributed by atoms with E-state index in [0.29, 0.717) is 18.8 Å². The molecule has 0 aliphatic heterocycles. The summed E-state index contributed by atoms with van der Waals surface area (Å²) in [5, 5.41) is 13.4. The average molecular weight is 450 g/mol. The molecule has 0 bridgehead atoms. The summed E-state index contributed by atoms with van der Waals surface area (Å²) in [5.74, 6) is -0.0148. The maximum atomic E-state index is 12.4. The minimum absolute atomic E-state index is 0.352. The molecule has 5 rings (SSSR count). The highest BCUT2D eigenvalue weighted by Crippen LogP contribution is 2.37. The number of hydrogen-bond acceptors (Lipinski definition) is 2. The van der Waals surface area contributed by atoms with E-state index in [1.54, 1.807) is 0 Å². The highest BCUT2D eigenvalue weighted by molar-refractivity contribution is 6.08. The molecule has 4 heteroatoms. The lowest BCUT2D eigenvalue weighted by molar-refractivity contribution is 0.0686. The Hall–Kier alpha value is -4.05. The highest BCUT2D eigenvalue weighted by Gasteiger charge is 2.23. The van der Waals surface area contributed by atoms with Crippen molar-refractivity contribution >= 4 is 27.6 Å². The van der Waals surface area contributed by atoms with Gasteiger partial charge in [0.25, 0.3) is 0 Å². The number of benzene rings is 4. The number of ether oxygens (including phenoxy) is 1. The third-order valence-electron chi connectivity index (χ3n) is 6.37. The zero-order chi connectivity index (χ0) is 23.5. The number of carbonyl (C=O) groups is 1. The van der Waals surface area contributed by atoms with E-state index in [1.165, 1.54) is 0 Å². The van der Waals surface area contributed by atoms with Crippen LogP contribution in [0.3, 0.4) is 0 Å². The fourth-order valence-corrected chi connectivity index (χ4v) is 4.76. The summed E-state index contributed by atoms with van der Waals surface area (Å²) in [5.41, 5.74) is 4.14. The first-order chi connectivity index (χ1) is 16.6. The minimum Gasteiger partial charge on any atom is -0.493 e. The Bertz CT molecular complexity index is 1480. The first-order valence-electron chi connectivity index (χ1n) is 11.7. The van der Waals surface area contributed by atoms with Crippen LogP contribution in [-0.4, -0.2) is 22.2 Å². The van der Waals surface area contributed by atoms with Crippen LogP contribution in [0, 0.1) is 6.92 Å². The van der Waals surface area contributed by atoms with Gasteiger partial charge in [0.2, 0.25) is 0 Å². The number of carboxylic acids is 1. The summed E-state index contributed by atoms with van der Waals surface area (Å²) in [6.07, 6.45) is 1.64. The van der Waals surface area contributed by atoms with Crippen molar-refractivity contribution in [3.8, 4) is 16.9 Å². The van der Waals surface area contributed by atoms with Crippen LogP contribution >= 0.6 is 0 Å². The number of aromatic nitrogens is 1. The lowest BCUT2D eigenvalue weighted by atomic mass is 9.97. The summed E-state index contributed by atoms with van der Waals surface area (Å²) in [7, 11) is 0. The van der Waals surface area contributed by atoms with Gasteiger partial charge in [0, 0.05) is 28.4 Å². The van der Waals surface area contributed by atoms with E-state index in [1.807, 2.05) is 84.3 Å². The smallest absolute Gasteiger partial charge is 0.353 e. The van der Waals surface area contributed by atoms with E-state index in [2.05, 4.69) is 18.2 Å². The molecule has 0 radical (unpaired) electrons. The molecule has 1 aromatic heterocycles. The number of rotatable bonds is 8. The van der Waals surface area contributed by atoms with Crippen LogP contribution in [-0.2, 0) is 6.54 Å². The Labute approximate surface area is 199 Å². The van der Waals surface area contributed by atoms with Gasteiger partial charge in [-0.3, -0.25) is 0 Å². The zero-order valence-electron chi connectivity index (χ0n) is 19.2. The van der Waals surface area contributed by atoms with Gasteiger partial charge >= 0.3 is 5.97 Å². The van der Waals surface area contributed by atoms with Crippen molar-refractivity contribution in [2.24, 2.45) is 0 Å². The molecule has 0 unspecified atom stereocenters. The molecule has 0 atom stereocenters. The molecule has 0 saturated heterocycles. The molecule has 4 nitrogen and oxygen atoms in total. The van der Waals surface area contributed by atoms with Gasteiger partial charge in [-0.05, 0) is 48.4 Å². The molecule has 0 aliphatic rings. The molecule has 0 fully saturated rings. The molecule has 1 heterocycles. The fourth-order valence-electron chi connectivity index (χ4n) is 4.76. The Morgan fingerprint density at radius 1 is 0.824 bits per heavy atom. The normalized spacial score (nSPS) is 11.2. The minimum atomic E-state index is -0.901. The standard InChI is InChI=1S/C30H27NO3/c1-21-11-2-4-14-23(21)28-25-16-6-7-17-26(25)31(29(28)30(32)33)19-8-9-20-34-27-18-10-13-22-12-3-5-15-24(22)27/h2-7,10-18H,8-9,19-20H2,1H3,(H,32,33). The van der Waals surface area contributed by atoms with Crippen LogP contribution in [0.4, 0.5) is 0 Å². The van der Waals surface area contributed by atoms with Gasteiger partial charge in [0.05, 0.1) is 6.61 Å². The average Bonchev–Trinajstić information content (AvgIpc) is 3.19. The Kier molecular flexibility index (Phi) is 6.05. The third kappa shape index (κ3) is 4.03. The molecule has 170 valence electrons. The van der Waals surface area contributed by atoms with Crippen molar-refractivity contribution < 1.29 is 14.6 Å². The van der Waals surface area contributed by atoms with Crippen molar-refractivity contribution in [1.29, 1.82) is 0 Å². The van der Waals surface area contributed by atoms with Crippen LogP contribution in [0.15, 0.2) is 91.0 Å². The quantitative estimate of drug-likeness (QED) is 0.252. The number of unbranched alkanes of at least 4 members (excludes halogenated alkanes) is 1. The Balaban J connectivity index is 1.38. The summed E-state index contributed by atoms with van der Waals surface area (Å²) in [4.78, 5) is 12.4. The molecule has 4 aromatic carbocycles. The molecule has 34 heavy (non-hydrogen) atoms. The number of aryl methyl sites for hydroxylation is 2. The lowest BCUT2D eigenvalue weighted by Crippen LogP contribution is -2.11. The van der Waals surface area contributed by atoms with E-state index in [4.69, 9.17) is 4.74 Å². The van der Waals surface area contributed by atoms with Crippen LogP contribution in [0.5, 0.6) is 5.75 Å². The summed E-state index contributed by atoms with van der Waals surface area (Å²) < 4.78 is 8.04. The third-order valence-corrected chi connectivity index (χ3v) is 6.37.